The average molecular weight is 464 g/mol. The number of phenolic OH excluding ortho intramolecular Hbond substituents is 1. The molecule has 4 N–H and O–H groups in total. The topological polar surface area (TPSA) is 133 Å². The number of hydrazone groups is 1. The summed E-state index contributed by atoms with van der Waals surface area (Å²) in [6, 6.07) is 11.0. The fourth-order valence-electron chi connectivity index (χ4n) is 3.68. The molecule has 174 valence electrons. The van der Waals surface area contributed by atoms with Gasteiger partial charge in [-0.05, 0) is 56.2 Å². The number of amides is 3. The minimum Gasteiger partial charge on any atom is -0.507 e. The summed E-state index contributed by atoms with van der Waals surface area (Å²) >= 11 is 0. The molecule has 0 aliphatic heterocycles. The number of halogens is 1. The lowest BCUT2D eigenvalue weighted by Gasteiger charge is -2.13. The predicted octanol–water partition coefficient (Wildman–Crippen LogP) is 2.98. The predicted molar refractivity (Wildman–Crippen MR) is 120 cm³/mol. The van der Waals surface area contributed by atoms with Crippen LogP contribution >= 0.6 is 0 Å². The second-order valence-corrected chi connectivity index (χ2v) is 7.64. The molecule has 0 saturated carbocycles. The van der Waals surface area contributed by atoms with Gasteiger partial charge in [-0.25, -0.2) is 9.82 Å². The van der Waals surface area contributed by atoms with Crippen molar-refractivity contribution in [3.8, 4) is 5.75 Å². The number of nitrogens with one attached hydrogen (secondary N) is 3. The Hall–Kier alpha value is -4.47. The van der Waals surface area contributed by atoms with Crippen LogP contribution in [0.5, 0.6) is 5.75 Å². The molecule has 1 heterocycles. The normalized spacial score (nSPS) is 13.8. The van der Waals surface area contributed by atoms with E-state index in [9.17, 15) is 23.9 Å². The van der Waals surface area contributed by atoms with Gasteiger partial charge in [-0.1, -0.05) is 12.1 Å². The number of hydrogen-bond donors (Lipinski definition) is 4. The van der Waals surface area contributed by atoms with Crippen molar-refractivity contribution in [2.24, 2.45) is 5.10 Å². The maximum atomic E-state index is 13.0. The lowest BCUT2D eigenvalue weighted by atomic mass is 9.93. The lowest BCUT2D eigenvalue weighted by molar-refractivity contribution is 0.0829. The first kappa shape index (κ1) is 22.7. The van der Waals surface area contributed by atoms with Gasteiger partial charge in [-0.3, -0.25) is 25.2 Å². The molecular weight excluding hydrogens is 443 g/mol. The van der Waals surface area contributed by atoms with Crippen LogP contribution in [0, 0.1) is 12.7 Å². The summed E-state index contributed by atoms with van der Waals surface area (Å²) in [4.78, 5) is 37.2. The number of hydrazine groups is 1. The van der Waals surface area contributed by atoms with E-state index in [4.69, 9.17) is 4.42 Å². The number of fused-ring (bicyclic) bond motifs is 1. The number of carbonyl (C=O) groups is 3. The summed E-state index contributed by atoms with van der Waals surface area (Å²) in [5.41, 5.74) is 8.94. The van der Waals surface area contributed by atoms with E-state index in [1.165, 1.54) is 24.3 Å². The van der Waals surface area contributed by atoms with Crippen molar-refractivity contribution in [2.75, 3.05) is 0 Å². The first-order valence-electron chi connectivity index (χ1n) is 10.5. The van der Waals surface area contributed by atoms with Gasteiger partial charge < -0.3 is 9.52 Å². The van der Waals surface area contributed by atoms with Crippen molar-refractivity contribution < 1.29 is 28.3 Å². The molecule has 9 nitrogen and oxygen atoms in total. The summed E-state index contributed by atoms with van der Waals surface area (Å²) in [5, 5.41) is 14.1. The molecular formula is C24H21FN4O5. The van der Waals surface area contributed by atoms with Crippen LogP contribution in [0.1, 0.15) is 61.0 Å². The van der Waals surface area contributed by atoms with Gasteiger partial charge in [0.2, 0.25) is 0 Å². The zero-order valence-corrected chi connectivity index (χ0v) is 18.1. The second kappa shape index (κ2) is 9.57. The Labute approximate surface area is 193 Å². The number of hydrogen-bond acceptors (Lipinski definition) is 6. The number of aromatic hydroxyl groups is 1. The van der Waals surface area contributed by atoms with Crippen molar-refractivity contribution in [3.05, 3.63) is 88.1 Å². The van der Waals surface area contributed by atoms with Crippen molar-refractivity contribution in [1.29, 1.82) is 0 Å². The molecule has 2 aromatic carbocycles. The second-order valence-electron chi connectivity index (χ2n) is 7.64. The van der Waals surface area contributed by atoms with E-state index in [2.05, 4.69) is 21.4 Å². The smallest absolute Gasteiger partial charge is 0.305 e. The highest BCUT2D eigenvalue weighted by molar-refractivity contribution is 6.07. The molecule has 34 heavy (non-hydrogen) atoms. The van der Waals surface area contributed by atoms with Crippen LogP contribution in [0.2, 0.25) is 0 Å². The molecule has 3 amide bonds. The number of benzene rings is 2. The Morgan fingerprint density at radius 2 is 1.68 bits per heavy atom. The molecule has 0 spiro atoms. The molecule has 0 radical (unpaired) electrons. The Morgan fingerprint density at radius 3 is 2.41 bits per heavy atom. The Morgan fingerprint density at radius 1 is 0.971 bits per heavy atom. The van der Waals surface area contributed by atoms with Gasteiger partial charge in [0.15, 0.2) is 5.76 Å². The van der Waals surface area contributed by atoms with Gasteiger partial charge >= 0.3 is 5.91 Å². The fourth-order valence-corrected chi connectivity index (χ4v) is 3.68. The minimum absolute atomic E-state index is 0.00559. The maximum Gasteiger partial charge on any atom is 0.305 e. The third-order valence-electron chi connectivity index (χ3n) is 5.37. The van der Waals surface area contributed by atoms with Gasteiger partial charge in [0.05, 0.1) is 11.3 Å². The highest BCUT2D eigenvalue weighted by Gasteiger charge is 2.28. The zero-order valence-electron chi connectivity index (χ0n) is 18.1. The van der Waals surface area contributed by atoms with Crippen LogP contribution in [-0.4, -0.2) is 28.5 Å². The van der Waals surface area contributed by atoms with Gasteiger partial charge in [0, 0.05) is 23.1 Å². The highest BCUT2D eigenvalue weighted by atomic mass is 19.1. The standard InChI is InChI=1S/C24H21FN4O5/c1-13-20-17(26-28-23(32)16-5-2-3-7-18(16)30)6-4-8-19(20)34-21(13)24(33)29-27-22(31)14-9-11-15(25)12-10-14/h2-3,5,7,9-12,30H,4,6,8H2,1H3,(H,27,31)(H,28,32)(H,29,33)/b26-17+. The first-order chi connectivity index (χ1) is 16.3. The molecule has 0 atom stereocenters. The molecule has 4 rings (SSSR count). The van der Waals surface area contributed by atoms with Crippen LogP contribution in [0.3, 0.4) is 0 Å². The monoisotopic (exact) mass is 464 g/mol. The van der Waals surface area contributed by atoms with Crippen LogP contribution in [0.15, 0.2) is 58.0 Å². The van der Waals surface area contributed by atoms with E-state index >= 15 is 0 Å². The number of carbonyl (C=O) groups excluding carboxylic acids is 3. The van der Waals surface area contributed by atoms with Gasteiger partial charge in [-0.15, -0.1) is 0 Å². The highest BCUT2D eigenvalue weighted by Crippen LogP contribution is 2.30. The molecule has 0 fully saturated rings. The number of aryl methyl sites for hydroxylation is 1. The molecule has 3 aromatic rings. The Balaban J connectivity index is 1.48. The maximum absolute atomic E-state index is 13.0. The molecule has 1 aliphatic carbocycles. The van der Waals surface area contributed by atoms with Crippen LogP contribution in [0.25, 0.3) is 0 Å². The third-order valence-corrected chi connectivity index (χ3v) is 5.37. The lowest BCUT2D eigenvalue weighted by Crippen LogP contribution is -2.41. The van der Waals surface area contributed by atoms with Crippen molar-refractivity contribution in [1.82, 2.24) is 16.3 Å². The number of furan rings is 1. The zero-order chi connectivity index (χ0) is 24.2. The molecule has 0 unspecified atom stereocenters. The quantitative estimate of drug-likeness (QED) is 0.441. The van der Waals surface area contributed by atoms with Crippen LogP contribution in [-0.2, 0) is 6.42 Å². The minimum atomic E-state index is -0.667. The van der Waals surface area contributed by atoms with E-state index in [1.807, 2.05) is 0 Å². The van der Waals surface area contributed by atoms with E-state index < -0.39 is 23.5 Å². The summed E-state index contributed by atoms with van der Waals surface area (Å²) in [6.07, 6.45) is 1.84. The van der Waals surface area contributed by atoms with E-state index in [0.29, 0.717) is 41.9 Å². The van der Waals surface area contributed by atoms with Crippen molar-refractivity contribution in [3.63, 3.8) is 0 Å². The molecule has 1 aromatic heterocycles. The number of rotatable bonds is 4. The van der Waals surface area contributed by atoms with E-state index in [0.717, 1.165) is 12.1 Å². The van der Waals surface area contributed by atoms with Gasteiger partial charge in [-0.2, -0.15) is 5.10 Å². The fraction of sp³-hybridized carbons (Fsp3) is 0.167. The van der Waals surface area contributed by atoms with Crippen LogP contribution in [0.4, 0.5) is 4.39 Å². The number of para-hydroxylation sites is 1. The van der Waals surface area contributed by atoms with E-state index in [-0.39, 0.29) is 22.6 Å². The van der Waals surface area contributed by atoms with Gasteiger partial charge in [0.25, 0.3) is 11.8 Å². The number of nitrogens with zero attached hydrogens (tertiary/aromatic N) is 1. The average Bonchev–Trinajstić information content (AvgIpc) is 3.18. The Bertz CT molecular complexity index is 1300. The van der Waals surface area contributed by atoms with Crippen LogP contribution < -0.4 is 16.3 Å². The molecule has 1 aliphatic rings. The molecule has 10 heteroatoms. The summed E-state index contributed by atoms with van der Waals surface area (Å²) < 4.78 is 18.8. The Kier molecular flexibility index (Phi) is 6.39. The summed E-state index contributed by atoms with van der Waals surface area (Å²) in [7, 11) is 0. The van der Waals surface area contributed by atoms with Crippen molar-refractivity contribution in [2.45, 2.75) is 26.2 Å². The first-order valence-corrected chi connectivity index (χ1v) is 10.5. The summed E-state index contributed by atoms with van der Waals surface area (Å²) in [6.45, 7) is 1.69. The third kappa shape index (κ3) is 4.65. The van der Waals surface area contributed by atoms with Gasteiger partial charge in [0.1, 0.15) is 17.3 Å². The number of phenols is 1. The van der Waals surface area contributed by atoms with Crippen molar-refractivity contribution >= 4 is 23.4 Å². The molecule has 0 saturated heterocycles. The largest absolute Gasteiger partial charge is 0.507 e. The molecule has 0 bridgehead atoms. The summed E-state index contributed by atoms with van der Waals surface area (Å²) in [5.74, 6) is -1.94. The SMILES string of the molecule is Cc1c(C(=O)NNC(=O)c2ccc(F)cc2)oc2c1/C(=N/NC(=O)c1ccccc1O)CCC2. The van der Waals surface area contributed by atoms with E-state index in [1.54, 1.807) is 19.1 Å².